The largest absolute Gasteiger partial charge is 0.354 e. The van der Waals surface area contributed by atoms with Crippen molar-refractivity contribution >= 4 is 72.7 Å². The first-order valence-corrected chi connectivity index (χ1v) is 8.62. The SMILES string of the molecule is Br.Cc1ccc2sc(NCC(=O)c3ccc(Cl)cc3Cl)nc2c1C. The molecule has 0 unspecified atom stereocenters. The number of aromatic nitrogens is 1. The van der Waals surface area contributed by atoms with Gasteiger partial charge in [-0.2, -0.15) is 0 Å². The van der Waals surface area contributed by atoms with Crippen LogP contribution in [0, 0.1) is 13.8 Å². The van der Waals surface area contributed by atoms with Gasteiger partial charge in [-0.15, -0.1) is 17.0 Å². The lowest BCUT2D eigenvalue weighted by molar-refractivity contribution is 0.101. The van der Waals surface area contributed by atoms with Crippen molar-refractivity contribution in [1.29, 1.82) is 0 Å². The van der Waals surface area contributed by atoms with Gasteiger partial charge in [0.1, 0.15) is 0 Å². The monoisotopic (exact) mass is 444 g/mol. The van der Waals surface area contributed by atoms with Gasteiger partial charge in [-0.25, -0.2) is 4.98 Å². The predicted octanol–water partition coefficient (Wildman–Crippen LogP) is 6.09. The topological polar surface area (TPSA) is 42.0 Å². The van der Waals surface area contributed by atoms with E-state index in [1.165, 1.54) is 22.5 Å². The summed E-state index contributed by atoms with van der Waals surface area (Å²) in [4.78, 5) is 16.8. The third-order valence-corrected chi connectivity index (χ3v) is 5.24. The highest BCUT2D eigenvalue weighted by Crippen LogP contribution is 2.29. The Morgan fingerprint density at radius 2 is 1.96 bits per heavy atom. The summed E-state index contributed by atoms with van der Waals surface area (Å²) in [6.07, 6.45) is 0. The number of halogens is 3. The van der Waals surface area contributed by atoms with E-state index in [0.717, 1.165) is 15.3 Å². The first-order chi connectivity index (χ1) is 11.0. The fourth-order valence-electron chi connectivity index (χ4n) is 2.27. The zero-order chi connectivity index (χ0) is 16.6. The van der Waals surface area contributed by atoms with Gasteiger partial charge >= 0.3 is 0 Å². The van der Waals surface area contributed by atoms with Crippen LogP contribution in [0.2, 0.25) is 10.0 Å². The lowest BCUT2D eigenvalue weighted by Crippen LogP contribution is -2.14. The summed E-state index contributed by atoms with van der Waals surface area (Å²) in [6, 6.07) is 9.00. The molecule has 0 aliphatic heterocycles. The number of Topliss-reactive ketones (excluding diaryl/α,β-unsaturated/α-hetero) is 1. The quantitative estimate of drug-likeness (QED) is 0.493. The Morgan fingerprint density at radius 1 is 1.21 bits per heavy atom. The molecule has 7 heteroatoms. The lowest BCUT2D eigenvalue weighted by Gasteiger charge is -2.04. The van der Waals surface area contributed by atoms with E-state index in [2.05, 4.69) is 36.3 Å². The van der Waals surface area contributed by atoms with Crippen LogP contribution >= 0.6 is 51.5 Å². The minimum absolute atomic E-state index is 0. The number of benzene rings is 2. The van der Waals surface area contributed by atoms with Gasteiger partial charge in [0, 0.05) is 10.6 Å². The van der Waals surface area contributed by atoms with Gasteiger partial charge in [0.25, 0.3) is 0 Å². The van der Waals surface area contributed by atoms with Gasteiger partial charge in [0.2, 0.25) is 0 Å². The molecule has 0 amide bonds. The smallest absolute Gasteiger partial charge is 0.184 e. The van der Waals surface area contributed by atoms with Crippen LogP contribution in [0.15, 0.2) is 30.3 Å². The Balaban J connectivity index is 0.00000208. The number of nitrogens with one attached hydrogen (secondary N) is 1. The number of rotatable bonds is 4. The molecule has 0 radical (unpaired) electrons. The molecular weight excluding hydrogens is 431 g/mol. The number of thiazole rings is 1. The number of carbonyl (C=O) groups is 1. The average molecular weight is 446 g/mol. The van der Waals surface area contributed by atoms with Crippen molar-refractivity contribution in [2.24, 2.45) is 0 Å². The number of aryl methyl sites for hydroxylation is 2. The van der Waals surface area contributed by atoms with Crippen LogP contribution in [-0.2, 0) is 0 Å². The number of nitrogens with zero attached hydrogens (tertiary/aromatic N) is 1. The van der Waals surface area contributed by atoms with Gasteiger partial charge in [-0.05, 0) is 49.2 Å². The molecule has 0 bridgehead atoms. The predicted molar refractivity (Wildman–Crippen MR) is 109 cm³/mol. The molecule has 0 aliphatic carbocycles. The summed E-state index contributed by atoms with van der Waals surface area (Å²) >= 11 is 13.4. The minimum Gasteiger partial charge on any atom is -0.354 e. The van der Waals surface area contributed by atoms with E-state index < -0.39 is 0 Å². The maximum Gasteiger partial charge on any atom is 0.184 e. The molecule has 0 aliphatic rings. The number of ketones is 1. The van der Waals surface area contributed by atoms with Gasteiger partial charge in [-0.3, -0.25) is 4.79 Å². The molecule has 0 spiro atoms. The van der Waals surface area contributed by atoms with Crippen molar-refractivity contribution in [2.45, 2.75) is 13.8 Å². The molecule has 0 atom stereocenters. The maximum atomic E-state index is 12.3. The minimum atomic E-state index is -0.0983. The highest BCUT2D eigenvalue weighted by molar-refractivity contribution is 8.93. The molecule has 126 valence electrons. The summed E-state index contributed by atoms with van der Waals surface area (Å²) in [5.41, 5.74) is 3.81. The van der Waals surface area contributed by atoms with Crippen LogP contribution in [0.3, 0.4) is 0 Å². The number of carbonyl (C=O) groups excluding carboxylic acids is 1. The van der Waals surface area contributed by atoms with Crippen molar-refractivity contribution in [3.63, 3.8) is 0 Å². The second kappa shape index (κ2) is 7.83. The third kappa shape index (κ3) is 3.91. The highest BCUT2D eigenvalue weighted by Gasteiger charge is 2.12. The summed E-state index contributed by atoms with van der Waals surface area (Å²) in [6.45, 7) is 4.26. The van der Waals surface area contributed by atoms with Crippen LogP contribution < -0.4 is 5.32 Å². The van der Waals surface area contributed by atoms with Crippen LogP contribution in [0.25, 0.3) is 10.2 Å². The second-order valence-corrected chi connectivity index (χ2v) is 7.15. The van der Waals surface area contributed by atoms with Crippen molar-refractivity contribution in [2.75, 3.05) is 11.9 Å². The molecule has 2 aromatic carbocycles. The summed E-state index contributed by atoms with van der Waals surface area (Å²) in [5.74, 6) is -0.0983. The van der Waals surface area contributed by atoms with E-state index >= 15 is 0 Å². The Kier molecular flexibility index (Phi) is 6.26. The van der Waals surface area contributed by atoms with E-state index in [1.54, 1.807) is 18.2 Å². The molecule has 24 heavy (non-hydrogen) atoms. The fraction of sp³-hybridized carbons (Fsp3) is 0.176. The Morgan fingerprint density at radius 3 is 2.67 bits per heavy atom. The molecule has 0 saturated carbocycles. The normalized spacial score (nSPS) is 10.5. The Labute approximate surface area is 164 Å². The summed E-state index contributed by atoms with van der Waals surface area (Å²) in [7, 11) is 0. The maximum absolute atomic E-state index is 12.3. The number of hydrogen-bond donors (Lipinski definition) is 1. The standard InChI is InChI=1S/C17H14Cl2N2OS.BrH/c1-9-3-6-15-16(10(9)2)21-17(23-15)20-8-14(22)12-5-4-11(18)7-13(12)19;/h3-7H,8H2,1-2H3,(H,20,21);1H. The summed E-state index contributed by atoms with van der Waals surface area (Å²) in [5, 5.41) is 4.69. The van der Waals surface area contributed by atoms with Crippen molar-refractivity contribution in [3.05, 3.63) is 57.1 Å². The third-order valence-electron chi connectivity index (χ3n) is 3.72. The van der Waals surface area contributed by atoms with Gasteiger partial charge in [-0.1, -0.05) is 40.6 Å². The number of fused-ring (bicyclic) bond motifs is 1. The first-order valence-electron chi connectivity index (χ1n) is 7.04. The Hall–Kier alpha value is -1.14. The molecule has 3 nitrogen and oxygen atoms in total. The van der Waals surface area contributed by atoms with Crippen LogP contribution in [0.5, 0.6) is 0 Å². The number of hydrogen-bond acceptors (Lipinski definition) is 4. The highest BCUT2D eigenvalue weighted by atomic mass is 79.9. The van der Waals surface area contributed by atoms with Crippen molar-refractivity contribution < 1.29 is 4.79 Å². The van der Waals surface area contributed by atoms with Crippen molar-refractivity contribution in [3.8, 4) is 0 Å². The summed E-state index contributed by atoms with van der Waals surface area (Å²) < 4.78 is 1.10. The van der Waals surface area contributed by atoms with Gasteiger partial charge < -0.3 is 5.32 Å². The van der Waals surface area contributed by atoms with Crippen molar-refractivity contribution in [1.82, 2.24) is 4.98 Å². The van der Waals surface area contributed by atoms with E-state index in [1.807, 2.05) is 0 Å². The molecule has 3 aromatic rings. The molecular formula is C17H15BrCl2N2OS. The molecule has 0 fully saturated rings. The van der Waals surface area contributed by atoms with E-state index in [-0.39, 0.29) is 29.3 Å². The van der Waals surface area contributed by atoms with Gasteiger partial charge in [0.15, 0.2) is 10.9 Å². The van der Waals surface area contributed by atoms with E-state index in [0.29, 0.717) is 15.6 Å². The zero-order valence-electron chi connectivity index (χ0n) is 13.0. The Bertz CT molecular complexity index is 911. The second-order valence-electron chi connectivity index (χ2n) is 5.27. The van der Waals surface area contributed by atoms with E-state index in [4.69, 9.17) is 23.2 Å². The number of anilines is 1. The molecule has 0 saturated heterocycles. The zero-order valence-corrected chi connectivity index (χ0v) is 17.1. The van der Waals surface area contributed by atoms with Crippen LogP contribution in [0.1, 0.15) is 21.5 Å². The first kappa shape index (κ1) is 19.2. The van der Waals surface area contributed by atoms with Crippen LogP contribution in [-0.4, -0.2) is 17.3 Å². The van der Waals surface area contributed by atoms with E-state index in [9.17, 15) is 4.79 Å². The lowest BCUT2D eigenvalue weighted by atomic mass is 10.1. The average Bonchev–Trinajstić information content (AvgIpc) is 2.92. The molecule has 1 aromatic heterocycles. The van der Waals surface area contributed by atoms with Gasteiger partial charge in [0.05, 0.1) is 21.8 Å². The molecule has 1 heterocycles. The molecule has 1 N–H and O–H groups in total. The van der Waals surface area contributed by atoms with Crippen LogP contribution in [0.4, 0.5) is 5.13 Å². The molecule has 3 rings (SSSR count). The fourth-order valence-corrected chi connectivity index (χ4v) is 3.70.